The van der Waals surface area contributed by atoms with Crippen molar-refractivity contribution in [3.8, 4) is 0 Å². The molecule has 3 amide bonds. The van der Waals surface area contributed by atoms with Crippen LogP contribution in [0.5, 0.6) is 0 Å². The van der Waals surface area contributed by atoms with Crippen LogP contribution in [0, 0.1) is 19.8 Å². The highest BCUT2D eigenvalue weighted by molar-refractivity contribution is 5.89. The molecule has 3 rings (SSSR count). The first kappa shape index (κ1) is 20.9. The highest BCUT2D eigenvalue weighted by atomic mass is 16.2. The fourth-order valence-electron chi connectivity index (χ4n) is 3.65. The van der Waals surface area contributed by atoms with Crippen LogP contribution in [0.25, 0.3) is 0 Å². The Morgan fingerprint density at radius 1 is 1.00 bits per heavy atom. The van der Waals surface area contributed by atoms with E-state index in [2.05, 4.69) is 29.7 Å². The van der Waals surface area contributed by atoms with Gasteiger partial charge in [0.25, 0.3) is 0 Å². The molecule has 0 radical (unpaired) electrons. The molecule has 2 N–H and O–H groups in total. The summed E-state index contributed by atoms with van der Waals surface area (Å²) in [5, 5.41) is 5.97. The zero-order chi connectivity index (χ0) is 20.6. The highest BCUT2D eigenvalue weighted by Crippen LogP contribution is 2.22. The van der Waals surface area contributed by atoms with Crippen LogP contribution in [-0.2, 0) is 11.3 Å². The molecule has 1 aliphatic rings. The number of rotatable bonds is 6. The van der Waals surface area contributed by atoms with Gasteiger partial charge in [-0.25, -0.2) is 4.79 Å². The van der Waals surface area contributed by atoms with Gasteiger partial charge in [0.05, 0.1) is 0 Å². The van der Waals surface area contributed by atoms with Crippen molar-refractivity contribution >= 4 is 17.6 Å². The van der Waals surface area contributed by atoms with E-state index >= 15 is 0 Å². The zero-order valence-electron chi connectivity index (χ0n) is 17.4. The molecule has 2 aromatic carbocycles. The van der Waals surface area contributed by atoms with Gasteiger partial charge in [-0.3, -0.25) is 4.79 Å². The molecule has 0 aromatic heterocycles. The van der Waals surface area contributed by atoms with Crippen molar-refractivity contribution in [3.63, 3.8) is 0 Å². The quantitative estimate of drug-likeness (QED) is 0.751. The number of urea groups is 1. The van der Waals surface area contributed by atoms with Crippen LogP contribution >= 0.6 is 0 Å². The van der Waals surface area contributed by atoms with Crippen molar-refractivity contribution in [1.82, 2.24) is 10.2 Å². The molecule has 1 atom stereocenters. The number of nitrogens with zero attached hydrogens (tertiary/aromatic N) is 1. The fourth-order valence-corrected chi connectivity index (χ4v) is 3.65. The number of aryl methyl sites for hydroxylation is 2. The Kier molecular flexibility index (Phi) is 7.28. The lowest BCUT2D eigenvalue weighted by Gasteiger charge is -2.32. The van der Waals surface area contributed by atoms with Crippen LogP contribution in [0.15, 0.2) is 48.5 Å². The van der Waals surface area contributed by atoms with Gasteiger partial charge in [0, 0.05) is 31.7 Å². The summed E-state index contributed by atoms with van der Waals surface area (Å²) in [6.07, 6.45) is 3.37. The molecule has 2 aromatic rings. The third-order valence-corrected chi connectivity index (χ3v) is 5.50. The summed E-state index contributed by atoms with van der Waals surface area (Å²) in [4.78, 5) is 26.6. The molecule has 5 nitrogen and oxygen atoms in total. The van der Waals surface area contributed by atoms with E-state index in [4.69, 9.17) is 0 Å². The summed E-state index contributed by atoms with van der Waals surface area (Å²) in [5.74, 6) is 0.449. The van der Waals surface area contributed by atoms with E-state index in [1.807, 2.05) is 48.2 Å². The molecule has 1 saturated heterocycles. The smallest absolute Gasteiger partial charge is 0.321 e. The number of nitrogens with one attached hydrogen (secondary N) is 2. The number of amides is 3. The highest BCUT2D eigenvalue weighted by Gasteiger charge is 2.24. The van der Waals surface area contributed by atoms with E-state index in [1.165, 1.54) is 11.1 Å². The van der Waals surface area contributed by atoms with Gasteiger partial charge >= 0.3 is 6.03 Å². The van der Waals surface area contributed by atoms with Crippen LogP contribution in [-0.4, -0.2) is 29.9 Å². The minimum Gasteiger partial charge on any atom is -0.352 e. The van der Waals surface area contributed by atoms with Crippen LogP contribution in [0.2, 0.25) is 0 Å². The number of likely N-dealkylation sites (tertiary alicyclic amines) is 1. The van der Waals surface area contributed by atoms with Gasteiger partial charge in [0.15, 0.2) is 0 Å². The molecule has 0 unspecified atom stereocenters. The first-order valence-corrected chi connectivity index (χ1v) is 10.4. The number of piperidine rings is 1. The fraction of sp³-hybridized carbons (Fsp3) is 0.417. The number of benzene rings is 2. The van der Waals surface area contributed by atoms with Crippen molar-refractivity contribution in [2.75, 3.05) is 18.4 Å². The second kappa shape index (κ2) is 10.1. The molecular weight excluding hydrogens is 362 g/mol. The zero-order valence-corrected chi connectivity index (χ0v) is 17.4. The van der Waals surface area contributed by atoms with Gasteiger partial charge in [0.2, 0.25) is 5.91 Å². The summed E-state index contributed by atoms with van der Waals surface area (Å²) in [5.41, 5.74) is 4.31. The molecule has 0 spiro atoms. The number of hydrogen-bond donors (Lipinski definition) is 2. The Labute approximate surface area is 173 Å². The largest absolute Gasteiger partial charge is 0.352 e. The van der Waals surface area contributed by atoms with Crippen LogP contribution in [0.1, 0.15) is 42.4 Å². The molecule has 29 heavy (non-hydrogen) atoms. The van der Waals surface area contributed by atoms with E-state index in [0.29, 0.717) is 25.4 Å². The van der Waals surface area contributed by atoms with Crippen molar-refractivity contribution in [1.29, 1.82) is 0 Å². The third kappa shape index (κ3) is 6.63. The Hall–Kier alpha value is -2.82. The molecule has 0 bridgehead atoms. The molecule has 0 aliphatic carbocycles. The molecule has 154 valence electrons. The van der Waals surface area contributed by atoms with E-state index in [-0.39, 0.29) is 11.9 Å². The Bertz CT molecular complexity index is 815. The van der Waals surface area contributed by atoms with Gasteiger partial charge in [-0.15, -0.1) is 0 Å². The van der Waals surface area contributed by atoms with Crippen LogP contribution in [0.3, 0.4) is 0 Å². The summed E-state index contributed by atoms with van der Waals surface area (Å²) in [7, 11) is 0. The predicted molar refractivity (Wildman–Crippen MR) is 117 cm³/mol. The lowest BCUT2D eigenvalue weighted by Crippen LogP contribution is -2.42. The monoisotopic (exact) mass is 393 g/mol. The topological polar surface area (TPSA) is 61.4 Å². The third-order valence-electron chi connectivity index (χ3n) is 5.50. The van der Waals surface area contributed by atoms with Gasteiger partial charge < -0.3 is 15.5 Å². The first-order chi connectivity index (χ1) is 14.0. The van der Waals surface area contributed by atoms with Crippen molar-refractivity contribution in [2.24, 2.45) is 5.92 Å². The summed E-state index contributed by atoms with van der Waals surface area (Å²) >= 11 is 0. The number of carbonyl (C=O) groups excluding carboxylic acids is 2. The average molecular weight is 394 g/mol. The minimum atomic E-state index is -0.0534. The van der Waals surface area contributed by atoms with E-state index in [9.17, 15) is 9.59 Å². The molecule has 1 heterocycles. The van der Waals surface area contributed by atoms with E-state index in [1.54, 1.807) is 0 Å². The molecular formula is C24H31N3O2. The van der Waals surface area contributed by atoms with Gasteiger partial charge in [-0.05, 0) is 56.7 Å². The maximum absolute atomic E-state index is 12.6. The first-order valence-electron chi connectivity index (χ1n) is 10.4. The van der Waals surface area contributed by atoms with Crippen LogP contribution < -0.4 is 10.6 Å². The number of hydrogen-bond acceptors (Lipinski definition) is 2. The SMILES string of the molecule is Cc1ccc(CNC(=O)CC[C@@H]2CCCN(C(=O)Nc3ccc(C)cc3)C2)cc1. The van der Waals surface area contributed by atoms with Gasteiger partial charge in [0.1, 0.15) is 0 Å². The molecule has 5 heteroatoms. The maximum atomic E-state index is 12.6. The summed E-state index contributed by atoms with van der Waals surface area (Å²) < 4.78 is 0. The second-order valence-electron chi connectivity index (χ2n) is 8.05. The standard InChI is InChI=1S/C24H31N3O2/c1-18-5-9-20(10-6-18)16-25-23(28)14-11-21-4-3-15-27(17-21)24(29)26-22-12-7-19(2)8-13-22/h5-10,12-13,21H,3-4,11,14-17H2,1-2H3,(H,25,28)(H,26,29)/t21-/m0/s1. The Morgan fingerprint density at radius 2 is 1.66 bits per heavy atom. The van der Waals surface area contributed by atoms with Gasteiger partial charge in [-0.2, -0.15) is 0 Å². The van der Waals surface area contributed by atoms with Crippen LogP contribution in [0.4, 0.5) is 10.5 Å². The Balaban J connectivity index is 1.40. The Morgan fingerprint density at radius 3 is 2.34 bits per heavy atom. The van der Waals surface area contributed by atoms with E-state index < -0.39 is 0 Å². The van der Waals surface area contributed by atoms with E-state index in [0.717, 1.165) is 37.1 Å². The molecule has 0 saturated carbocycles. The number of anilines is 1. The molecule has 1 aliphatic heterocycles. The minimum absolute atomic E-state index is 0.0534. The second-order valence-corrected chi connectivity index (χ2v) is 8.05. The van der Waals surface area contributed by atoms with Crippen molar-refractivity contribution in [3.05, 3.63) is 65.2 Å². The van der Waals surface area contributed by atoms with Crippen molar-refractivity contribution in [2.45, 2.75) is 46.1 Å². The predicted octanol–water partition coefficient (Wildman–Crippen LogP) is 4.64. The molecule has 1 fully saturated rings. The van der Waals surface area contributed by atoms with Gasteiger partial charge in [-0.1, -0.05) is 47.5 Å². The normalized spacial score (nSPS) is 16.3. The number of carbonyl (C=O) groups is 2. The maximum Gasteiger partial charge on any atom is 0.321 e. The summed E-state index contributed by atoms with van der Waals surface area (Å²) in [6, 6.07) is 16.0. The lowest BCUT2D eigenvalue weighted by atomic mass is 9.93. The lowest BCUT2D eigenvalue weighted by molar-refractivity contribution is -0.121. The summed E-state index contributed by atoms with van der Waals surface area (Å²) in [6.45, 7) is 6.13. The average Bonchev–Trinajstić information content (AvgIpc) is 2.73. The van der Waals surface area contributed by atoms with Crippen molar-refractivity contribution < 1.29 is 9.59 Å².